The van der Waals surface area contributed by atoms with Gasteiger partial charge in [0.1, 0.15) is 0 Å². The Morgan fingerprint density at radius 1 is 1.53 bits per heavy atom. The molecule has 2 rings (SSSR count). The highest BCUT2D eigenvalue weighted by Gasteiger charge is 2.30. The van der Waals surface area contributed by atoms with Crippen LogP contribution in [-0.4, -0.2) is 36.1 Å². The van der Waals surface area contributed by atoms with E-state index in [1.54, 1.807) is 13.3 Å². The Morgan fingerprint density at radius 3 is 2.95 bits per heavy atom. The highest BCUT2D eigenvalue weighted by atomic mass is 16.5. The van der Waals surface area contributed by atoms with Crippen LogP contribution in [0.1, 0.15) is 44.8 Å². The Hall–Kier alpha value is -1.07. The van der Waals surface area contributed by atoms with Crippen LogP contribution >= 0.6 is 0 Å². The minimum Gasteiger partial charge on any atom is -0.493 e. The third-order valence-corrected chi connectivity index (χ3v) is 3.67. The van der Waals surface area contributed by atoms with Gasteiger partial charge in [-0.3, -0.25) is 4.68 Å². The van der Waals surface area contributed by atoms with Gasteiger partial charge >= 0.3 is 0 Å². The van der Waals surface area contributed by atoms with Crippen molar-refractivity contribution in [1.82, 2.24) is 15.1 Å². The number of hydrogen-bond acceptors (Lipinski definition) is 4. The second-order valence-corrected chi connectivity index (χ2v) is 4.85. The van der Waals surface area contributed by atoms with Gasteiger partial charge in [-0.25, -0.2) is 0 Å². The lowest BCUT2D eigenvalue weighted by molar-refractivity contribution is -0.0101. The number of aryl methyl sites for hydroxylation is 1. The summed E-state index contributed by atoms with van der Waals surface area (Å²) in [6.07, 6.45) is 5.50. The van der Waals surface area contributed by atoms with E-state index in [-0.39, 0.29) is 12.1 Å². The van der Waals surface area contributed by atoms with Gasteiger partial charge in [0.2, 0.25) is 0 Å². The van der Waals surface area contributed by atoms with Gasteiger partial charge in [-0.05, 0) is 32.7 Å². The molecule has 0 radical (unpaired) electrons. The first-order chi connectivity index (χ1) is 9.31. The van der Waals surface area contributed by atoms with Crippen molar-refractivity contribution >= 4 is 0 Å². The van der Waals surface area contributed by atoms with Gasteiger partial charge in [-0.1, -0.05) is 6.92 Å². The zero-order valence-electron chi connectivity index (χ0n) is 12.2. The number of nitrogens with one attached hydrogen (secondary N) is 1. The van der Waals surface area contributed by atoms with Crippen LogP contribution in [0.25, 0.3) is 0 Å². The van der Waals surface area contributed by atoms with E-state index in [0.29, 0.717) is 0 Å². The number of aromatic nitrogens is 2. The molecule has 1 aromatic heterocycles. The van der Waals surface area contributed by atoms with Crippen LogP contribution in [0.15, 0.2) is 6.20 Å². The summed E-state index contributed by atoms with van der Waals surface area (Å²) in [4.78, 5) is 0. The van der Waals surface area contributed by atoms with E-state index in [1.165, 1.54) is 12.8 Å². The van der Waals surface area contributed by atoms with E-state index < -0.39 is 0 Å². The zero-order valence-corrected chi connectivity index (χ0v) is 12.2. The molecule has 1 aliphatic rings. The van der Waals surface area contributed by atoms with Crippen molar-refractivity contribution in [2.24, 2.45) is 0 Å². The van der Waals surface area contributed by atoms with Gasteiger partial charge in [0.15, 0.2) is 5.75 Å². The molecule has 2 heterocycles. The zero-order chi connectivity index (χ0) is 13.7. The highest BCUT2D eigenvalue weighted by Crippen LogP contribution is 2.32. The fourth-order valence-corrected chi connectivity index (χ4v) is 2.75. The van der Waals surface area contributed by atoms with Crippen molar-refractivity contribution in [3.8, 4) is 5.75 Å². The Bertz CT molecular complexity index is 365. The summed E-state index contributed by atoms with van der Waals surface area (Å²) < 4.78 is 13.4. The summed E-state index contributed by atoms with van der Waals surface area (Å²) in [6.45, 7) is 6.82. The highest BCUT2D eigenvalue weighted by molar-refractivity contribution is 5.29. The number of likely N-dealkylation sites (N-methyl/N-ethyl adjacent to an activating group) is 1. The molecule has 1 saturated heterocycles. The number of hydrogen-bond donors (Lipinski definition) is 1. The molecule has 1 aromatic rings. The van der Waals surface area contributed by atoms with E-state index in [1.807, 2.05) is 4.68 Å². The van der Waals surface area contributed by atoms with Crippen LogP contribution in [0.2, 0.25) is 0 Å². The summed E-state index contributed by atoms with van der Waals surface area (Å²) in [5.74, 6) is 0.849. The van der Waals surface area contributed by atoms with Crippen molar-refractivity contribution in [1.29, 1.82) is 0 Å². The average Bonchev–Trinajstić information content (AvgIpc) is 2.88. The Kier molecular flexibility index (Phi) is 5.22. The van der Waals surface area contributed by atoms with E-state index >= 15 is 0 Å². The second kappa shape index (κ2) is 6.91. The lowest BCUT2D eigenvalue weighted by atomic mass is 9.99. The van der Waals surface area contributed by atoms with Crippen LogP contribution in [0, 0.1) is 0 Å². The van der Waals surface area contributed by atoms with Gasteiger partial charge in [-0.15, -0.1) is 0 Å². The van der Waals surface area contributed by atoms with E-state index in [2.05, 4.69) is 24.3 Å². The Morgan fingerprint density at radius 2 is 2.37 bits per heavy atom. The SMILES string of the molecule is CCNC(c1c(OC)cnn1CC)C1CCCCO1. The van der Waals surface area contributed by atoms with E-state index in [0.717, 1.165) is 37.6 Å². The number of nitrogens with zero attached hydrogens (tertiary/aromatic N) is 2. The normalized spacial score (nSPS) is 21.3. The molecule has 0 amide bonds. The van der Waals surface area contributed by atoms with E-state index in [4.69, 9.17) is 9.47 Å². The van der Waals surface area contributed by atoms with Crippen LogP contribution in [0.3, 0.4) is 0 Å². The van der Waals surface area contributed by atoms with Crippen LogP contribution < -0.4 is 10.1 Å². The molecule has 2 atom stereocenters. The summed E-state index contributed by atoms with van der Waals surface area (Å²) >= 11 is 0. The smallest absolute Gasteiger partial charge is 0.161 e. The molecule has 5 heteroatoms. The van der Waals surface area contributed by atoms with Gasteiger partial charge in [0, 0.05) is 13.2 Å². The molecule has 19 heavy (non-hydrogen) atoms. The van der Waals surface area contributed by atoms with Crippen molar-refractivity contribution in [3.05, 3.63) is 11.9 Å². The molecule has 0 aromatic carbocycles. The fraction of sp³-hybridized carbons (Fsp3) is 0.786. The van der Waals surface area contributed by atoms with Crippen molar-refractivity contribution in [2.75, 3.05) is 20.3 Å². The predicted molar refractivity (Wildman–Crippen MR) is 74.5 cm³/mol. The standard InChI is InChI=1S/C14H25N3O2/c1-4-15-13(11-8-6-7-9-19-11)14-12(18-3)10-16-17(14)5-2/h10-11,13,15H,4-9H2,1-3H3. The molecule has 2 unspecified atom stereocenters. The Balaban J connectivity index is 2.28. The van der Waals surface area contributed by atoms with E-state index in [9.17, 15) is 0 Å². The second-order valence-electron chi connectivity index (χ2n) is 4.85. The summed E-state index contributed by atoms with van der Waals surface area (Å²) in [5, 5.41) is 7.94. The van der Waals surface area contributed by atoms with Gasteiger partial charge in [-0.2, -0.15) is 5.10 Å². The van der Waals surface area contributed by atoms with Gasteiger partial charge < -0.3 is 14.8 Å². The Labute approximate surface area is 115 Å². The minimum absolute atomic E-state index is 0.155. The lowest BCUT2D eigenvalue weighted by Gasteiger charge is -2.31. The molecule has 0 aliphatic carbocycles. The third-order valence-electron chi connectivity index (χ3n) is 3.67. The average molecular weight is 267 g/mol. The maximum atomic E-state index is 5.96. The third kappa shape index (κ3) is 3.09. The molecule has 0 spiro atoms. The fourth-order valence-electron chi connectivity index (χ4n) is 2.75. The molecule has 1 fully saturated rings. The maximum absolute atomic E-state index is 5.96. The topological polar surface area (TPSA) is 48.3 Å². The summed E-state index contributed by atoms with van der Waals surface area (Å²) in [7, 11) is 1.70. The van der Waals surface area contributed by atoms with Crippen LogP contribution in [0.4, 0.5) is 0 Å². The molecular weight excluding hydrogens is 242 g/mol. The molecule has 108 valence electrons. The lowest BCUT2D eigenvalue weighted by Crippen LogP contribution is -2.37. The summed E-state index contributed by atoms with van der Waals surface area (Å²) in [5.41, 5.74) is 1.11. The first-order valence-corrected chi connectivity index (χ1v) is 7.26. The molecular formula is C14H25N3O2. The number of methoxy groups -OCH3 is 1. The summed E-state index contributed by atoms with van der Waals surface area (Å²) in [6, 6.07) is 0.155. The van der Waals surface area contributed by atoms with Crippen LogP contribution in [-0.2, 0) is 11.3 Å². The predicted octanol–water partition coefficient (Wildman–Crippen LogP) is 2.13. The monoisotopic (exact) mass is 267 g/mol. The van der Waals surface area contributed by atoms with Crippen molar-refractivity contribution in [3.63, 3.8) is 0 Å². The van der Waals surface area contributed by atoms with Crippen molar-refractivity contribution in [2.45, 2.75) is 51.8 Å². The largest absolute Gasteiger partial charge is 0.493 e. The van der Waals surface area contributed by atoms with Gasteiger partial charge in [0.25, 0.3) is 0 Å². The van der Waals surface area contributed by atoms with Crippen molar-refractivity contribution < 1.29 is 9.47 Å². The first-order valence-electron chi connectivity index (χ1n) is 7.26. The molecule has 1 aliphatic heterocycles. The quantitative estimate of drug-likeness (QED) is 0.858. The molecule has 5 nitrogen and oxygen atoms in total. The minimum atomic E-state index is 0.155. The molecule has 0 bridgehead atoms. The number of ether oxygens (including phenoxy) is 2. The first kappa shape index (κ1) is 14.3. The number of rotatable bonds is 6. The molecule has 1 N–H and O–H groups in total. The molecule has 0 saturated carbocycles. The van der Waals surface area contributed by atoms with Gasteiger partial charge in [0.05, 0.1) is 31.1 Å². The van der Waals surface area contributed by atoms with Crippen LogP contribution in [0.5, 0.6) is 5.75 Å². The maximum Gasteiger partial charge on any atom is 0.161 e.